The normalized spacial score (nSPS) is 13.6. The number of aromatic nitrogens is 3. The van der Waals surface area contributed by atoms with E-state index in [1.54, 1.807) is 12.1 Å². The summed E-state index contributed by atoms with van der Waals surface area (Å²) in [5.41, 5.74) is 0.702. The average Bonchev–Trinajstić information content (AvgIpc) is 2.75. The predicted molar refractivity (Wildman–Crippen MR) is 56.6 cm³/mol. The molecule has 0 saturated carbocycles. The summed E-state index contributed by atoms with van der Waals surface area (Å²) in [6.07, 6.45) is -1.21. The maximum absolute atomic E-state index is 12.1. The Labute approximate surface area is 101 Å². The molecule has 0 radical (unpaired) electrons. The number of halogens is 3. The zero-order chi connectivity index (χ0) is 13.2. The van der Waals surface area contributed by atoms with Gasteiger partial charge in [-0.25, -0.2) is 0 Å². The lowest BCUT2D eigenvalue weighted by Crippen LogP contribution is -2.18. The summed E-state index contributed by atoms with van der Waals surface area (Å²) in [5, 5.41) is 13.6. The van der Waals surface area contributed by atoms with Gasteiger partial charge in [-0.3, -0.25) is 9.67 Å². The smallest absolute Gasteiger partial charge is 0.382 e. The maximum Gasteiger partial charge on any atom is 0.408 e. The minimum absolute atomic E-state index is 0.172. The molecule has 0 aliphatic heterocycles. The number of alkyl halides is 3. The van der Waals surface area contributed by atoms with Gasteiger partial charge >= 0.3 is 6.18 Å². The molecule has 18 heavy (non-hydrogen) atoms. The van der Waals surface area contributed by atoms with Crippen LogP contribution in [0.15, 0.2) is 36.8 Å². The Morgan fingerprint density at radius 2 is 1.89 bits per heavy atom. The Bertz CT molecular complexity index is 510. The van der Waals surface area contributed by atoms with Gasteiger partial charge in [0, 0.05) is 18.6 Å². The molecule has 0 aliphatic carbocycles. The molecule has 2 rings (SSSR count). The van der Waals surface area contributed by atoms with Crippen molar-refractivity contribution in [1.29, 1.82) is 0 Å². The van der Waals surface area contributed by atoms with E-state index in [4.69, 9.17) is 0 Å². The van der Waals surface area contributed by atoms with Crippen molar-refractivity contribution in [3.8, 4) is 0 Å². The lowest BCUT2D eigenvalue weighted by atomic mass is 10.1. The second kappa shape index (κ2) is 4.77. The first-order chi connectivity index (χ1) is 8.46. The van der Waals surface area contributed by atoms with Crippen LogP contribution in [0.25, 0.3) is 0 Å². The minimum atomic E-state index is -4.33. The van der Waals surface area contributed by atoms with Gasteiger partial charge in [0.05, 0.1) is 5.69 Å². The fourth-order valence-electron chi connectivity index (χ4n) is 1.51. The van der Waals surface area contributed by atoms with Gasteiger partial charge in [0.2, 0.25) is 0 Å². The van der Waals surface area contributed by atoms with Gasteiger partial charge in [0.25, 0.3) is 0 Å². The van der Waals surface area contributed by atoms with E-state index in [-0.39, 0.29) is 5.69 Å². The molecule has 0 fully saturated rings. The van der Waals surface area contributed by atoms with E-state index in [0.717, 1.165) is 4.68 Å². The van der Waals surface area contributed by atoms with Gasteiger partial charge in [0.15, 0.2) is 0 Å². The third-order valence-electron chi connectivity index (χ3n) is 2.30. The van der Waals surface area contributed by atoms with E-state index >= 15 is 0 Å². The highest BCUT2D eigenvalue weighted by Crippen LogP contribution is 2.21. The van der Waals surface area contributed by atoms with Crippen molar-refractivity contribution in [2.75, 3.05) is 0 Å². The summed E-state index contributed by atoms with van der Waals surface area (Å²) in [4.78, 5) is 3.79. The van der Waals surface area contributed by atoms with Crippen LogP contribution in [0.4, 0.5) is 13.2 Å². The Morgan fingerprint density at radius 1 is 1.22 bits per heavy atom. The van der Waals surface area contributed by atoms with E-state index in [1.807, 2.05) is 0 Å². The Morgan fingerprint density at radius 3 is 2.50 bits per heavy atom. The molecular formula is C11H10F3N3O. The summed E-state index contributed by atoms with van der Waals surface area (Å²) < 4.78 is 37.2. The van der Waals surface area contributed by atoms with Crippen LogP contribution in [0.5, 0.6) is 0 Å². The molecule has 0 bridgehead atoms. The van der Waals surface area contributed by atoms with Gasteiger partial charge in [0.1, 0.15) is 12.6 Å². The molecule has 4 nitrogen and oxygen atoms in total. The Balaban J connectivity index is 2.15. The van der Waals surface area contributed by atoms with Crippen molar-refractivity contribution in [3.05, 3.63) is 48.0 Å². The van der Waals surface area contributed by atoms with Gasteiger partial charge in [-0.2, -0.15) is 18.3 Å². The summed E-state index contributed by atoms with van der Waals surface area (Å²) in [5.74, 6) is 0. The topological polar surface area (TPSA) is 50.9 Å². The van der Waals surface area contributed by atoms with Crippen LogP contribution in [-0.2, 0) is 6.54 Å². The number of hydrogen-bond acceptors (Lipinski definition) is 3. The SMILES string of the molecule is OC(c1ccncc1)c1ccn(CC(F)(F)F)n1. The number of pyridine rings is 1. The highest BCUT2D eigenvalue weighted by molar-refractivity contribution is 5.22. The van der Waals surface area contributed by atoms with Gasteiger partial charge in [-0.15, -0.1) is 0 Å². The fourth-order valence-corrected chi connectivity index (χ4v) is 1.51. The van der Waals surface area contributed by atoms with E-state index in [1.165, 1.54) is 24.7 Å². The second-order valence-electron chi connectivity index (χ2n) is 3.74. The number of rotatable bonds is 3. The molecule has 96 valence electrons. The van der Waals surface area contributed by atoms with Crippen LogP contribution >= 0.6 is 0 Å². The number of aliphatic hydroxyl groups excluding tert-OH is 1. The molecule has 2 heterocycles. The molecular weight excluding hydrogens is 247 g/mol. The molecule has 0 aromatic carbocycles. The molecule has 1 N–H and O–H groups in total. The van der Waals surface area contributed by atoms with Crippen molar-refractivity contribution in [1.82, 2.24) is 14.8 Å². The first kappa shape index (κ1) is 12.6. The number of hydrogen-bond donors (Lipinski definition) is 1. The summed E-state index contributed by atoms with van der Waals surface area (Å²) in [6, 6.07) is 4.51. The van der Waals surface area contributed by atoms with Gasteiger partial charge in [-0.1, -0.05) is 0 Å². The van der Waals surface area contributed by atoms with Crippen molar-refractivity contribution < 1.29 is 18.3 Å². The summed E-state index contributed by atoms with van der Waals surface area (Å²) in [6.45, 7) is -1.17. The monoisotopic (exact) mass is 257 g/mol. The molecule has 7 heteroatoms. The fraction of sp³-hybridized carbons (Fsp3) is 0.273. The van der Waals surface area contributed by atoms with Crippen LogP contribution in [0, 0.1) is 0 Å². The number of aliphatic hydroxyl groups is 1. The zero-order valence-corrected chi connectivity index (χ0v) is 9.17. The standard InChI is InChI=1S/C11H10F3N3O/c12-11(13,14)7-17-6-3-9(16-17)10(18)8-1-4-15-5-2-8/h1-6,10,18H,7H2. The van der Waals surface area contributed by atoms with Crippen molar-refractivity contribution in [3.63, 3.8) is 0 Å². The largest absolute Gasteiger partial charge is 0.408 e. The molecule has 0 amide bonds. The molecule has 0 spiro atoms. The average molecular weight is 257 g/mol. The summed E-state index contributed by atoms with van der Waals surface area (Å²) >= 11 is 0. The van der Waals surface area contributed by atoms with Crippen LogP contribution in [0.1, 0.15) is 17.4 Å². The third kappa shape index (κ3) is 3.07. The maximum atomic E-state index is 12.1. The van der Waals surface area contributed by atoms with Gasteiger partial charge in [-0.05, 0) is 23.8 Å². The molecule has 1 unspecified atom stereocenters. The highest BCUT2D eigenvalue weighted by atomic mass is 19.4. The summed E-state index contributed by atoms with van der Waals surface area (Å²) in [7, 11) is 0. The first-order valence-corrected chi connectivity index (χ1v) is 5.14. The molecule has 1 atom stereocenters. The Kier molecular flexibility index (Phi) is 3.33. The van der Waals surface area contributed by atoms with E-state index < -0.39 is 18.8 Å². The molecule has 2 aromatic rings. The Hall–Kier alpha value is -1.89. The van der Waals surface area contributed by atoms with Crippen molar-refractivity contribution in [2.24, 2.45) is 0 Å². The van der Waals surface area contributed by atoms with Crippen molar-refractivity contribution >= 4 is 0 Å². The quantitative estimate of drug-likeness (QED) is 0.914. The van der Waals surface area contributed by atoms with E-state index in [2.05, 4.69) is 10.1 Å². The highest BCUT2D eigenvalue weighted by Gasteiger charge is 2.28. The first-order valence-electron chi connectivity index (χ1n) is 5.14. The van der Waals surface area contributed by atoms with Crippen LogP contribution in [0.2, 0.25) is 0 Å². The molecule has 0 aliphatic rings. The van der Waals surface area contributed by atoms with Crippen LogP contribution < -0.4 is 0 Å². The van der Waals surface area contributed by atoms with Crippen LogP contribution in [-0.4, -0.2) is 26.0 Å². The molecule has 2 aromatic heterocycles. The number of nitrogens with zero attached hydrogens (tertiary/aromatic N) is 3. The second-order valence-corrected chi connectivity index (χ2v) is 3.74. The van der Waals surface area contributed by atoms with Crippen molar-refractivity contribution in [2.45, 2.75) is 18.8 Å². The zero-order valence-electron chi connectivity index (χ0n) is 9.17. The van der Waals surface area contributed by atoms with Gasteiger partial charge < -0.3 is 5.11 Å². The third-order valence-corrected chi connectivity index (χ3v) is 2.30. The van der Waals surface area contributed by atoms with E-state index in [0.29, 0.717) is 5.56 Å². The molecule has 0 saturated heterocycles. The predicted octanol–water partition coefficient (Wildman–Crippen LogP) is 1.92. The van der Waals surface area contributed by atoms with E-state index in [9.17, 15) is 18.3 Å². The lowest BCUT2D eigenvalue weighted by molar-refractivity contribution is -0.142. The van der Waals surface area contributed by atoms with Crippen LogP contribution in [0.3, 0.4) is 0 Å². The minimum Gasteiger partial charge on any atom is -0.382 e. The lowest BCUT2D eigenvalue weighted by Gasteiger charge is -2.08.